The quantitative estimate of drug-likeness (QED) is 0.682. The molecule has 0 saturated heterocycles. The Morgan fingerprint density at radius 2 is 2.27 bits per heavy atom. The summed E-state index contributed by atoms with van der Waals surface area (Å²) < 4.78 is 0. The van der Waals surface area contributed by atoms with Gasteiger partial charge in [0.05, 0.1) is 5.92 Å². The first-order valence-electron chi connectivity index (χ1n) is 5.87. The van der Waals surface area contributed by atoms with E-state index in [0.717, 1.165) is 13.0 Å². The van der Waals surface area contributed by atoms with Gasteiger partial charge in [0, 0.05) is 12.6 Å². The second kappa shape index (κ2) is 3.97. The molecule has 0 radical (unpaired) electrons. The van der Waals surface area contributed by atoms with Gasteiger partial charge in [-0.3, -0.25) is 4.79 Å². The molecule has 0 aromatic heterocycles. The monoisotopic (exact) mass is 208 g/mol. The van der Waals surface area contributed by atoms with Crippen molar-refractivity contribution in [2.45, 2.75) is 38.6 Å². The van der Waals surface area contributed by atoms with Gasteiger partial charge in [0.1, 0.15) is 0 Å². The highest BCUT2D eigenvalue weighted by Gasteiger charge is 2.41. The highest BCUT2D eigenvalue weighted by atomic mass is 16.1. The molecule has 3 N–H and O–H groups in total. The normalized spacial score (nSPS) is 31.6. The summed E-state index contributed by atoms with van der Waals surface area (Å²) in [7, 11) is 0. The number of nitrogens with two attached hydrogens (primary N) is 1. The minimum atomic E-state index is 0.00709. The molecule has 2 unspecified atom stereocenters. The van der Waals surface area contributed by atoms with Crippen LogP contribution in [-0.4, -0.2) is 18.5 Å². The zero-order valence-electron chi connectivity index (χ0n) is 9.33. The van der Waals surface area contributed by atoms with E-state index in [2.05, 4.69) is 12.2 Å². The van der Waals surface area contributed by atoms with Crippen molar-refractivity contribution in [3.8, 4) is 0 Å². The standard InChI is InChI=1S/C12H20N2O/c1-2-12(5-6-12)8-14-11(15)9-3-4-10(13)7-9/h3-4,9-10H,2,5-8,13H2,1H3,(H,14,15). The van der Waals surface area contributed by atoms with Crippen molar-refractivity contribution in [1.29, 1.82) is 0 Å². The fourth-order valence-electron chi connectivity index (χ4n) is 2.16. The maximum absolute atomic E-state index is 11.8. The van der Waals surface area contributed by atoms with E-state index in [9.17, 15) is 4.79 Å². The topological polar surface area (TPSA) is 55.1 Å². The Morgan fingerprint density at radius 1 is 1.53 bits per heavy atom. The van der Waals surface area contributed by atoms with Crippen LogP contribution in [-0.2, 0) is 4.79 Å². The highest BCUT2D eigenvalue weighted by Crippen LogP contribution is 2.47. The van der Waals surface area contributed by atoms with Crippen LogP contribution in [0, 0.1) is 11.3 Å². The van der Waals surface area contributed by atoms with E-state index < -0.39 is 0 Å². The molecular weight excluding hydrogens is 188 g/mol. The summed E-state index contributed by atoms with van der Waals surface area (Å²) in [6.45, 7) is 3.05. The molecule has 3 heteroatoms. The molecule has 2 aliphatic rings. The molecule has 0 spiro atoms. The van der Waals surface area contributed by atoms with Crippen molar-refractivity contribution in [2.24, 2.45) is 17.1 Å². The zero-order chi connectivity index (χ0) is 10.9. The predicted molar refractivity (Wildman–Crippen MR) is 60.2 cm³/mol. The van der Waals surface area contributed by atoms with Gasteiger partial charge in [0.25, 0.3) is 0 Å². The van der Waals surface area contributed by atoms with Gasteiger partial charge in [0.2, 0.25) is 5.91 Å². The second-order valence-electron chi connectivity index (χ2n) is 4.96. The molecule has 2 rings (SSSR count). The van der Waals surface area contributed by atoms with Crippen LogP contribution in [0.2, 0.25) is 0 Å². The van der Waals surface area contributed by atoms with Crippen molar-refractivity contribution in [3.63, 3.8) is 0 Å². The third-order valence-corrected chi connectivity index (χ3v) is 3.80. The molecule has 1 amide bonds. The molecule has 84 valence electrons. The van der Waals surface area contributed by atoms with E-state index in [1.54, 1.807) is 0 Å². The van der Waals surface area contributed by atoms with Crippen molar-refractivity contribution >= 4 is 5.91 Å². The number of hydrogen-bond donors (Lipinski definition) is 2. The molecule has 0 heterocycles. The Bertz CT molecular complexity index is 281. The van der Waals surface area contributed by atoms with Gasteiger partial charge in [-0.1, -0.05) is 19.1 Å². The summed E-state index contributed by atoms with van der Waals surface area (Å²) >= 11 is 0. The number of nitrogens with one attached hydrogen (secondary N) is 1. The summed E-state index contributed by atoms with van der Waals surface area (Å²) in [5.41, 5.74) is 6.15. The SMILES string of the molecule is CCC1(CNC(=O)C2C=CC(N)C2)CC1. The van der Waals surface area contributed by atoms with Crippen molar-refractivity contribution < 1.29 is 4.79 Å². The third-order valence-electron chi connectivity index (χ3n) is 3.80. The number of amides is 1. The smallest absolute Gasteiger partial charge is 0.227 e. The fraction of sp³-hybridized carbons (Fsp3) is 0.750. The average molecular weight is 208 g/mol. The Balaban J connectivity index is 1.76. The fourth-order valence-corrected chi connectivity index (χ4v) is 2.16. The third kappa shape index (κ3) is 2.40. The first-order chi connectivity index (χ1) is 7.15. The second-order valence-corrected chi connectivity index (χ2v) is 4.96. The highest BCUT2D eigenvalue weighted by molar-refractivity contribution is 5.81. The van der Waals surface area contributed by atoms with Crippen molar-refractivity contribution in [2.75, 3.05) is 6.54 Å². The number of hydrogen-bond acceptors (Lipinski definition) is 2. The largest absolute Gasteiger partial charge is 0.355 e. The lowest BCUT2D eigenvalue weighted by Gasteiger charge is -2.15. The summed E-state index contributed by atoms with van der Waals surface area (Å²) in [4.78, 5) is 11.8. The molecule has 0 bridgehead atoms. The first-order valence-corrected chi connectivity index (χ1v) is 5.87. The zero-order valence-corrected chi connectivity index (χ0v) is 9.33. The summed E-state index contributed by atoms with van der Waals surface area (Å²) in [5, 5.41) is 3.05. The van der Waals surface area contributed by atoms with Gasteiger partial charge < -0.3 is 11.1 Å². The molecule has 3 nitrogen and oxygen atoms in total. The number of rotatable bonds is 4. The number of carbonyl (C=O) groups excluding carboxylic acids is 1. The van der Waals surface area contributed by atoms with E-state index in [1.165, 1.54) is 19.3 Å². The molecular formula is C12H20N2O. The van der Waals surface area contributed by atoms with E-state index in [1.807, 2.05) is 12.2 Å². The molecule has 0 aromatic rings. The molecule has 15 heavy (non-hydrogen) atoms. The lowest BCUT2D eigenvalue weighted by Crippen LogP contribution is -2.34. The predicted octanol–water partition coefficient (Wildman–Crippen LogP) is 1.20. The first kappa shape index (κ1) is 10.7. The van der Waals surface area contributed by atoms with E-state index in [0.29, 0.717) is 5.41 Å². The van der Waals surface area contributed by atoms with E-state index in [-0.39, 0.29) is 17.9 Å². The van der Waals surface area contributed by atoms with Crippen LogP contribution in [0.5, 0.6) is 0 Å². The van der Waals surface area contributed by atoms with Crippen molar-refractivity contribution in [1.82, 2.24) is 5.32 Å². The van der Waals surface area contributed by atoms with Gasteiger partial charge in [-0.25, -0.2) is 0 Å². The minimum Gasteiger partial charge on any atom is -0.355 e. The Hall–Kier alpha value is -0.830. The molecule has 0 aliphatic heterocycles. The van der Waals surface area contributed by atoms with Crippen LogP contribution in [0.4, 0.5) is 0 Å². The Kier molecular flexibility index (Phi) is 2.83. The molecule has 1 fully saturated rings. The minimum absolute atomic E-state index is 0.00709. The van der Waals surface area contributed by atoms with Crippen LogP contribution < -0.4 is 11.1 Å². The average Bonchev–Trinajstić information content (AvgIpc) is 2.90. The van der Waals surface area contributed by atoms with Crippen LogP contribution in [0.1, 0.15) is 32.6 Å². The van der Waals surface area contributed by atoms with Gasteiger partial charge in [-0.05, 0) is 31.1 Å². The van der Waals surface area contributed by atoms with Crippen LogP contribution in [0.25, 0.3) is 0 Å². The van der Waals surface area contributed by atoms with Crippen LogP contribution >= 0.6 is 0 Å². The Labute approximate surface area is 91.1 Å². The Morgan fingerprint density at radius 3 is 2.73 bits per heavy atom. The van der Waals surface area contributed by atoms with Crippen LogP contribution in [0.3, 0.4) is 0 Å². The molecule has 1 saturated carbocycles. The summed E-state index contributed by atoms with van der Waals surface area (Å²) in [5.74, 6) is 0.159. The summed E-state index contributed by atoms with van der Waals surface area (Å²) in [6, 6.07) is 0.0711. The maximum Gasteiger partial charge on any atom is 0.227 e. The molecule has 2 atom stereocenters. The summed E-state index contributed by atoms with van der Waals surface area (Å²) in [6.07, 6.45) is 8.34. The van der Waals surface area contributed by atoms with Gasteiger partial charge in [-0.15, -0.1) is 0 Å². The van der Waals surface area contributed by atoms with Gasteiger partial charge in [-0.2, -0.15) is 0 Å². The number of carbonyl (C=O) groups is 1. The maximum atomic E-state index is 11.8. The lowest BCUT2D eigenvalue weighted by molar-refractivity contribution is -0.123. The van der Waals surface area contributed by atoms with Gasteiger partial charge in [0.15, 0.2) is 0 Å². The molecule has 0 aromatic carbocycles. The van der Waals surface area contributed by atoms with E-state index in [4.69, 9.17) is 5.73 Å². The van der Waals surface area contributed by atoms with Gasteiger partial charge >= 0.3 is 0 Å². The van der Waals surface area contributed by atoms with Crippen LogP contribution in [0.15, 0.2) is 12.2 Å². The van der Waals surface area contributed by atoms with E-state index >= 15 is 0 Å². The lowest BCUT2D eigenvalue weighted by atomic mass is 10.0. The van der Waals surface area contributed by atoms with Crippen molar-refractivity contribution in [3.05, 3.63) is 12.2 Å². The molecule has 2 aliphatic carbocycles.